The first kappa shape index (κ1) is 17.7. The highest BCUT2D eigenvalue weighted by Gasteiger charge is 2.27. The molecule has 2 aromatic rings. The molecule has 3 heterocycles. The molecule has 2 aliphatic rings. The van der Waals surface area contributed by atoms with Gasteiger partial charge in [-0.1, -0.05) is 6.92 Å². The van der Waals surface area contributed by atoms with E-state index in [4.69, 9.17) is 4.98 Å². The number of fused-ring (bicyclic) bond motifs is 1. The van der Waals surface area contributed by atoms with Gasteiger partial charge in [0.15, 0.2) is 0 Å². The Labute approximate surface area is 159 Å². The fourth-order valence-corrected chi connectivity index (χ4v) is 3.73. The zero-order chi connectivity index (χ0) is 18.8. The largest absolute Gasteiger partial charge is 0.369 e. The molecule has 1 aromatic heterocycles. The second-order valence-corrected chi connectivity index (χ2v) is 7.09. The van der Waals surface area contributed by atoms with Gasteiger partial charge in [0.05, 0.1) is 11.6 Å². The third-order valence-corrected chi connectivity index (χ3v) is 5.27. The van der Waals surface area contributed by atoms with Crippen molar-refractivity contribution in [3.05, 3.63) is 47.2 Å². The summed E-state index contributed by atoms with van der Waals surface area (Å²) in [4.78, 5) is 23.2. The standard InChI is InChI=1S/C21H25N5O/c1-3-17-20-18(13-23-21(17)27)14(2)12-19(25-20)24-15-4-6-16(7-5-15)26-10-8-22-9-11-26/h4-7,12-13,17,22H,3,8-11H2,1-2H3,(H,24,25). The first-order valence-corrected chi connectivity index (χ1v) is 9.58. The number of rotatable bonds is 4. The summed E-state index contributed by atoms with van der Waals surface area (Å²) in [5, 5.41) is 6.76. The van der Waals surface area contributed by atoms with Gasteiger partial charge >= 0.3 is 0 Å². The van der Waals surface area contributed by atoms with Crippen molar-refractivity contribution >= 4 is 29.3 Å². The van der Waals surface area contributed by atoms with Gasteiger partial charge in [0.2, 0.25) is 0 Å². The number of amides is 1. The van der Waals surface area contributed by atoms with Crippen LogP contribution in [0.25, 0.3) is 0 Å². The Kier molecular flexibility index (Phi) is 4.90. The predicted octanol–water partition coefficient (Wildman–Crippen LogP) is 3.00. The van der Waals surface area contributed by atoms with E-state index in [9.17, 15) is 4.79 Å². The topological polar surface area (TPSA) is 69.6 Å². The number of piperazine rings is 1. The van der Waals surface area contributed by atoms with Crippen LogP contribution in [0.5, 0.6) is 0 Å². The van der Waals surface area contributed by atoms with Crippen molar-refractivity contribution in [3.8, 4) is 0 Å². The van der Waals surface area contributed by atoms with E-state index < -0.39 is 0 Å². The van der Waals surface area contributed by atoms with Gasteiger partial charge in [-0.15, -0.1) is 0 Å². The predicted molar refractivity (Wildman–Crippen MR) is 109 cm³/mol. The van der Waals surface area contributed by atoms with Gasteiger partial charge in [-0.25, -0.2) is 9.98 Å². The van der Waals surface area contributed by atoms with Crippen molar-refractivity contribution in [1.29, 1.82) is 0 Å². The van der Waals surface area contributed by atoms with Gasteiger partial charge in [0.1, 0.15) is 5.82 Å². The number of carbonyl (C=O) groups is 1. The smallest absolute Gasteiger partial charge is 0.254 e. The molecule has 2 N–H and O–H groups in total. The average molecular weight is 363 g/mol. The van der Waals surface area contributed by atoms with Crippen molar-refractivity contribution in [1.82, 2.24) is 10.3 Å². The molecule has 0 radical (unpaired) electrons. The van der Waals surface area contributed by atoms with Gasteiger partial charge < -0.3 is 15.5 Å². The Morgan fingerprint density at radius 2 is 1.96 bits per heavy atom. The Morgan fingerprint density at radius 1 is 1.22 bits per heavy atom. The molecular weight excluding hydrogens is 338 g/mol. The minimum Gasteiger partial charge on any atom is -0.369 e. The van der Waals surface area contributed by atoms with Crippen LogP contribution < -0.4 is 15.5 Å². The summed E-state index contributed by atoms with van der Waals surface area (Å²) in [5.74, 6) is 0.415. The van der Waals surface area contributed by atoms with E-state index in [1.807, 2.05) is 19.9 Å². The number of hydrogen-bond donors (Lipinski definition) is 2. The van der Waals surface area contributed by atoms with E-state index in [1.165, 1.54) is 5.69 Å². The molecule has 140 valence electrons. The van der Waals surface area contributed by atoms with E-state index in [0.717, 1.165) is 54.5 Å². The van der Waals surface area contributed by atoms with Crippen LogP contribution in [0, 0.1) is 6.92 Å². The second-order valence-electron chi connectivity index (χ2n) is 7.09. The molecule has 6 nitrogen and oxygen atoms in total. The summed E-state index contributed by atoms with van der Waals surface area (Å²) in [5.41, 5.74) is 5.11. The van der Waals surface area contributed by atoms with E-state index in [2.05, 4.69) is 44.8 Å². The van der Waals surface area contributed by atoms with Gasteiger partial charge in [0, 0.05) is 49.3 Å². The van der Waals surface area contributed by atoms with Crippen molar-refractivity contribution in [2.24, 2.45) is 4.99 Å². The number of carbonyl (C=O) groups excluding carboxylic acids is 1. The summed E-state index contributed by atoms with van der Waals surface area (Å²) in [6.45, 7) is 8.16. The molecular formula is C21H25N5O. The summed E-state index contributed by atoms with van der Waals surface area (Å²) >= 11 is 0. The molecule has 1 atom stereocenters. The molecule has 2 aliphatic heterocycles. The summed E-state index contributed by atoms with van der Waals surface area (Å²) in [7, 11) is 0. The Morgan fingerprint density at radius 3 is 2.67 bits per heavy atom. The van der Waals surface area contributed by atoms with Crippen LogP contribution in [0.15, 0.2) is 35.3 Å². The number of aromatic nitrogens is 1. The lowest BCUT2D eigenvalue weighted by Gasteiger charge is -2.29. The normalized spacial score (nSPS) is 19.1. The monoisotopic (exact) mass is 363 g/mol. The number of hydrogen-bond acceptors (Lipinski definition) is 5. The summed E-state index contributed by atoms with van der Waals surface area (Å²) in [6, 6.07) is 10.5. The quantitative estimate of drug-likeness (QED) is 0.874. The Balaban J connectivity index is 1.56. The van der Waals surface area contributed by atoms with Crippen LogP contribution in [0.4, 0.5) is 17.2 Å². The molecule has 1 amide bonds. The van der Waals surface area contributed by atoms with E-state index in [-0.39, 0.29) is 11.8 Å². The SMILES string of the molecule is CCC1C(=O)N=Cc2c(C)cc(Nc3ccc(N4CCNCC4)cc3)nc21. The number of anilines is 3. The Hall–Kier alpha value is -2.73. The molecule has 27 heavy (non-hydrogen) atoms. The van der Waals surface area contributed by atoms with E-state index >= 15 is 0 Å². The molecule has 1 aromatic carbocycles. The first-order valence-electron chi connectivity index (χ1n) is 9.58. The van der Waals surface area contributed by atoms with Crippen LogP contribution in [0.2, 0.25) is 0 Å². The van der Waals surface area contributed by atoms with Crippen LogP contribution in [0.3, 0.4) is 0 Å². The van der Waals surface area contributed by atoms with Crippen molar-refractivity contribution in [2.45, 2.75) is 26.2 Å². The lowest BCUT2D eigenvalue weighted by Crippen LogP contribution is -2.43. The maximum atomic E-state index is 12.1. The average Bonchev–Trinajstić information content (AvgIpc) is 2.69. The van der Waals surface area contributed by atoms with E-state index in [0.29, 0.717) is 6.42 Å². The fraction of sp³-hybridized carbons (Fsp3) is 0.381. The minimum atomic E-state index is -0.250. The zero-order valence-corrected chi connectivity index (χ0v) is 15.8. The number of pyridine rings is 1. The highest BCUT2D eigenvalue weighted by molar-refractivity contribution is 6.01. The van der Waals surface area contributed by atoms with Crippen LogP contribution >= 0.6 is 0 Å². The summed E-state index contributed by atoms with van der Waals surface area (Å²) in [6.07, 6.45) is 2.36. The number of benzene rings is 1. The molecule has 0 saturated carbocycles. The molecule has 1 saturated heterocycles. The van der Waals surface area contributed by atoms with E-state index in [1.54, 1.807) is 6.21 Å². The number of aryl methyl sites for hydroxylation is 1. The highest BCUT2D eigenvalue weighted by atomic mass is 16.1. The number of nitrogens with one attached hydrogen (secondary N) is 2. The molecule has 0 spiro atoms. The molecule has 1 unspecified atom stereocenters. The lowest BCUT2D eigenvalue weighted by atomic mass is 9.92. The van der Waals surface area contributed by atoms with Crippen molar-refractivity contribution in [3.63, 3.8) is 0 Å². The molecule has 4 rings (SSSR count). The molecule has 1 fully saturated rings. The summed E-state index contributed by atoms with van der Waals surface area (Å²) < 4.78 is 0. The van der Waals surface area contributed by atoms with Crippen LogP contribution in [-0.4, -0.2) is 43.3 Å². The number of nitrogens with zero attached hydrogens (tertiary/aromatic N) is 3. The third-order valence-electron chi connectivity index (χ3n) is 5.27. The molecule has 0 aliphatic carbocycles. The third kappa shape index (κ3) is 3.57. The first-order chi connectivity index (χ1) is 13.2. The maximum Gasteiger partial charge on any atom is 0.254 e. The van der Waals surface area contributed by atoms with Crippen LogP contribution in [0.1, 0.15) is 36.1 Å². The van der Waals surface area contributed by atoms with Gasteiger partial charge in [0.25, 0.3) is 5.91 Å². The van der Waals surface area contributed by atoms with Gasteiger partial charge in [-0.05, 0) is 49.2 Å². The highest BCUT2D eigenvalue weighted by Crippen LogP contribution is 2.30. The second kappa shape index (κ2) is 7.48. The fourth-order valence-electron chi connectivity index (χ4n) is 3.73. The van der Waals surface area contributed by atoms with Gasteiger partial charge in [-0.3, -0.25) is 4.79 Å². The van der Waals surface area contributed by atoms with Crippen LogP contribution in [-0.2, 0) is 4.79 Å². The Bertz CT molecular complexity index is 869. The molecule has 6 heteroatoms. The van der Waals surface area contributed by atoms with Crippen molar-refractivity contribution in [2.75, 3.05) is 36.4 Å². The van der Waals surface area contributed by atoms with Gasteiger partial charge in [-0.2, -0.15) is 0 Å². The van der Waals surface area contributed by atoms with Crippen molar-refractivity contribution < 1.29 is 4.79 Å². The maximum absolute atomic E-state index is 12.1. The lowest BCUT2D eigenvalue weighted by molar-refractivity contribution is -0.119. The molecule has 0 bridgehead atoms. The minimum absolute atomic E-state index is 0.102. The zero-order valence-electron chi connectivity index (χ0n) is 15.8. The number of aliphatic imine (C=N–C) groups is 1.